The van der Waals surface area contributed by atoms with Crippen LogP contribution in [0.4, 0.5) is 4.39 Å². The Morgan fingerprint density at radius 2 is 1.69 bits per heavy atom. The van der Waals surface area contributed by atoms with E-state index in [1.54, 1.807) is 0 Å². The van der Waals surface area contributed by atoms with E-state index in [1.165, 1.54) is 6.08 Å². The first-order valence-electron chi connectivity index (χ1n) is 6.10. The van der Waals surface area contributed by atoms with Crippen molar-refractivity contribution in [1.29, 1.82) is 0 Å². The van der Waals surface area contributed by atoms with Crippen molar-refractivity contribution in [3.63, 3.8) is 0 Å². The Bertz CT molecular complexity index is 232. The summed E-state index contributed by atoms with van der Waals surface area (Å²) in [5, 5.41) is 9.72. The van der Waals surface area contributed by atoms with E-state index in [4.69, 9.17) is 0 Å². The monoisotopic (exact) mass is 230 g/mol. The van der Waals surface area contributed by atoms with Gasteiger partial charge in [0.05, 0.1) is 12.4 Å². The maximum atomic E-state index is 12.2. The number of carbonyl (C=O) groups is 1. The van der Waals surface area contributed by atoms with E-state index in [2.05, 4.69) is 0 Å². The van der Waals surface area contributed by atoms with Gasteiger partial charge in [-0.2, -0.15) is 0 Å². The van der Waals surface area contributed by atoms with Gasteiger partial charge < -0.3 is 5.11 Å². The lowest BCUT2D eigenvalue weighted by Gasteiger charge is -2.13. The molecular weight excluding hydrogens is 207 g/mol. The Morgan fingerprint density at radius 3 is 2.06 bits per heavy atom. The number of halogens is 1. The fourth-order valence-corrected chi connectivity index (χ4v) is 1.77. The Kier molecular flexibility index (Phi) is 7.86. The highest BCUT2D eigenvalue weighted by Gasteiger charge is 2.16. The quantitative estimate of drug-likeness (QED) is 0.508. The van der Waals surface area contributed by atoms with E-state index in [1.807, 2.05) is 20.8 Å². The van der Waals surface area contributed by atoms with Crippen molar-refractivity contribution in [3.05, 3.63) is 11.8 Å². The van der Waals surface area contributed by atoms with Crippen LogP contribution in [0.1, 0.15) is 46.5 Å². The van der Waals surface area contributed by atoms with Crippen molar-refractivity contribution in [3.8, 4) is 0 Å². The zero-order valence-electron chi connectivity index (χ0n) is 10.5. The van der Waals surface area contributed by atoms with Crippen LogP contribution in [0.2, 0.25) is 0 Å². The number of ketones is 1. The SMILES string of the molecule is CCC(CC)C(=O)/C=C(\O)C(CC)CCF. The van der Waals surface area contributed by atoms with E-state index >= 15 is 0 Å². The molecule has 1 N–H and O–H groups in total. The standard InChI is InChI=1S/C13H23FO2/c1-4-10(5-2)12(15)9-13(16)11(6-3)7-8-14/h9-11,16H,4-8H2,1-3H3/b13-9-. The first-order chi connectivity index (χ1) is 7.60. The van der Waals surface area contributed by atoms with Gasteiger partial charge in [-0.15, -0.1) is 0 Å². The average Bonchev–Trinajstić information content (AvgIpc) is 2.27. The molecule has 0 saturated heterocycles. The molecule has 16 heavy (non-hydrogen) atoms. The zero-order chi connectivity index (χ0) is 12.6. The predicted octanol–water partition coefficient (Wildman–Crippen LogP) is 3.82. The van der Waals surface area contributed by atoms with Crippen LogP contribution < -0.4 is 0 Å². The van der Waals surface area contributed by atoms with E-state index in [0.717, 1.165) is 12.8 Å². The number of hydrogen-bond acceptors (Lipinski definition) is 2. The normalized spacial score (nSPS) is 14.2. The van der Waals surface area contributed by atoms with Crippen LogP contribution in [0.5, 0.6) is 0 Å². The molecule has 0 aliphatic carbocycles. The summed E-state index contributed by atoms with van der Waals surface area (Å²) in [4.78, 5) is 11.7. The Labute approximate surface area is 97.6 Å². The average molecular weight is 230 g/mol. The molecule has 0 aromatic carbocycles. The molecule has 0 rings (SSSR count). The second-order valence-electron chi connectivity index (χ2n) is 4.07. The van der Waals surface area contributed by atoms with E-state index in [-0.39, 0.29) is 29.8 Å². The van der Waals surface area contributed by atoms with Gasteiger partial charge in [-0.3, -0.25) is 9.18 Å². The molecule has 1 atom stereocenters. The van der Waals surface area contributed by atoms with Crippen LogP contribution in [-0.2, 0) is 4.79 Å². The summed E-state index contributed by atoms with van der Waals surface area (Å²) in [6, 6.07) is 0. The Morgan fingerprint density at radius 1 is 1.19 bits per heavy atom. The fraction of sp³-hybridized carbons (Fsp3) is 0.769. The lowest BCUT2D eigenvalue weighted by molar-refractivity contribution is -0.118. The molecule has 0 aromatic heterocycles. The van der Waals surface area contributed by atoms with Gasteiger partial charge in [0.2, 0.25) is 0 Å². The Balaban J connectivity index is 4.54. The van der Waals surface area contributed by atoms with Crippen molar-refractivity contribution < 1.29 is 14.3 Å². The molecule has 3 heteroatoms. The maximum absolute atomic E-state index is 12.2. The van der Waals surface area contributed by atoms with E-state index in [9.17, 15) is 14.3 Å². The van der Waals surface area contributed by atoms with Gasteiger partial charge in [-0.1, -0.05) is 20.8 Å². The summed E-state index contributed by atoms with van der Waals surface area (Å²) in [6.07, 6.45) is 3.79. The van der Waals surface area contributed by atoms with Crippen molar-refractivity contribution in [2.45, 2.75) is 46.5 Å². The lowest BCUT2D eigenvalue weighted by Crippen LogP contribution is -2.13. The zero-order valence-corrected chi connectivity index (χ0v) is 10.5. The van der Waals surface area contributed by atoms with Gasteiger partial charge in [0, 0.05) is 17.9 Å². The molecule has 0 saturated carbocycles. The molecule has 0 fully saturated rings. The predicted molar refractivity (Wildman–Crippen MR) is 64.2 cm³/mol. The molecule has 0 aliphatic rings. The summed E-state index contributed by atoms with van der Waals surface area (Å²) in [6.45, 7) is 5.33. The smallest absolute Gasteiger partial charge is 0.162 e. The minimum absolute atomic E-state index is 0.0231. The number of aliphatic hydroxyl groups is 1. The van der Waals surface area contributed by atoms with Gasteiger partial charge in [-0.05, 0) is 25.7 Å². The lowest BCUT2D eigenvalue weighted by atomic mass is 9.94. The summed E-state index contributed by atoms with van der Waals surface area (Å²) >= 11 is 0. The first kappa shape index (κ1) is 15.1. The van der Waals surface area contributed by atoms with Crippen molar-refractivity contribution >= 4 is 5.78 Å². The molecule has 1 unspecified atom stereocenters. The van der Waals surface area contributed by atoms with Gasteiger partial charge in [0.25, 0.3) is 0 Å². The van der Waals surface area contributed by atoms with Crippen molar-refractivity contribution in [2.24, 2.45) is 11.8 Å². The van der Waals surface area contributed by atoms with Crippen LogP contribution in [0, 0.1) is 11.8 Å². The third-order valence-corrected chi connectivity index (χ3v) is 3.05. The Hall–Kier alpha value is -0.860. The fourth-order valence-electron chi connectivity index (χ4n) is 1.77. The molecule has 0 bridgehead atoms. The number of alkyl halides is 1. The van der Waals surface area contributed by atoms with Crippen LogP contribution in [0.3, 0.4) is 0 Å². The van der Waals surface area contributed by atoms with E-state index in [0.29, 0.717) is 6.42 Å². The second-order valence-corrected chi connectivity index (χ2v) is 4.07. The highest BCUT2D eigenvalue weighted by molar-refractivity contribution is 5.92. The second kappa shape index (κ2) is 8.31. The van der Waals surface area contributed by atoms with Crippen LogP contribution in [0.15, 0.2) is 11.8 Å². The van der Waals surface area contributed by atoms with Crippen LogP contribution in [-0.4, -0.2) is 17.6 Å². The molecule has 0 amide bonds. The number of aliphatic hydroxyl groups excluding tert-OH is 1. The maximum Gasteiger partial charge on any atom is 0.162 e. The number of rotatable bonds is 8. The third-order valence-electron chi connectivity index (χ3n) is 3.05. The van der Waals surface area contributed by atoms with Crippen molar-refractivity contribution in [1.82, 2.24) is 0 Å². The summed E-state index contributed by atoms with van der Waals surface area (Å²) in [5.74, 6) is -0.245. The topological polar surface area (TPSA) is 37.3 Å². The highest BCUT2D eigenvalue weighted by atomic mass is 19.1. The molecule has 0 aromatic rings. The largest absolute Gasteiger partial charge is 0.512 e. The minimum Gasteiger partial charge on any atom is -0.512 e. The van der Waals surface area contributed by atoms with Gasteiger partial charge >= 0.3 is 0 Å². The number of allylic oxidation sites excluding steroid dienone is 2. The minimum atomic E-state index is -0.463. The molecule has 2 nitrogen and oxygen atoms in total. The van der Waals surface area contributed by atoms with Gasteiger partial charge in [0.1, 0.15) is 0 Å². The first-order valence-corrected chi connectivity index (χ1v) is 6.10. The number of carbonyl (C=O) groups excluding carboxylic acids is 1. The molecule has 0 spiro atoms. The molecule has 0 radical (unpaired) electrons. The van der Waals surface area contributed by atoms with Crippen LogP contribution >= 0.6 is 0 Å². The van der Waals surface area contributed by atoms with Gasteiger partial charge in [-0.25, -0.2) is 0 Å². The highest BCUT2D eigenvalue weighted by Crippen LogP contribution is 2.19. The van der Waals surface area contributed by atoms with E-state index < -0.39 is 6.67 Å². The summed E-state index contributed by atoms with van der Waals surface area (Å²) in [7, 11) is 0. The summed E-state index contributed by atoms with van der Waals surface area (Å²) < 4.78 is 12.2. The molecule has 0 heterocycles. The molecule has 94 valence electrons. The van der Waals surface area contributed by atoms with Crippen LogP contribution in [0.25, 0.3) is 0 Å². The molecular formula is C13H23FO2. The number of hydrogen-bond donors (Lipinski definition) is 1. The third kappa shape index (κ3) is 4.77. The van der Waals surface area contributed by atoms with Crippen molar-refractivity contribution in [2.75, 3.05) is 6.67 Å². The summed E-state index contributed by atoms with van der Waals surface area (Å²) in [5.41, 5.74) is 0. The molecule has 0 aliphatic heterocycles. The van der Waals surface area contributed by atoms with Gasteiger partial charge in [0.15, 0.2) is 5.78 Å².